The molecule has 2 aliphatic heterocycles. The molecule has 0 radical (unpaired) electrons. The zero-order valence-corrected chi connectivity index (χ0v) is 14.6. The van der Waals surface area contributed by atoms with E-state index in [9.17, 15) is 9.59 Å². The van der Waals surface area contributed by atoms with Gasteiger partial charge in [0.25, 0.3) is 0 Å². The summed E-state index contributed by atoms with van der Waals surface area (Å²) in [7, 11) is 0. The lowest BCUT2D eigenvalue weighted by Gasteiger charge is -2.19. The standard InChI is InChI=1S/C17H22ClN3O3/c1-10(2)24-16(22)11-3-4-14(18)15(5-11)20-17(23)21-8-12-6-19-7-13(12)9-21/h3-5,10,12-13,19H,6-9H2,1-2H3,(H,20,23)/t12-,13+. The Hall–Kier alpha value is -1.79. The molecule has 6 nitrogen and oxygen atoms in total. The Balaban J connectivity index is 1.68. The minimum Gasteiger partial charge on any atom is -0.459 e. The fourth-order valence-corrected chi connectivity index (χ4v) is 3.41. The zero-order valence-electron chi connectivity index (χ0n) is 13.8. The van der Waals surface area contributed by atoms with Crippen LogP contribution in [0.5, 0.6) is 0 Å². The first kappa shape index (κ1) is 17.0. The van der Waals surface area contributed by atoms with Gasteiger partial charge >= 0.3 is 12.0 Å². The van der Waals surface area contributed by atoms with Crippen LogP contribution in [0.2, 0.25) is 5.02 Å². The second-order valence-corrected chi connectivity index (χ2v) is 7.07. The number of fused-ring (bicyclic) bond motifs is 1. The van der Waals surface area contributed by atoms with Crippen LogP contribution in [0.15, 0.2) is 18.2 Å². The summed E-state index contributed by atoms with van der Waals surface area (Å²) < 4.78 is 5.17. The molecule has 2 amide bonds. The van der Waals surface area contributed by atoms with Crippen molar-refractivity contribution >= 4 is 29.3 Å². The van der Waals surface area contributed by atoms with Crippen LogP contribution in [0.3, 0.4) is 0 Å². The van der Waals surface area contributed by atoms with Crippen LogP contribution >= 0.6 is 11.6 Å². The van der Waals surface area contributed by atoms with E-state index in [4.69, 9.17) is 16.3 Å². The summed E-state index contributed by atoms with van der Waals surface area (Å²) in [5, 5.41) is 6.56. The van der Waals surface area contributed by atoms with Gasteiger partial charge in [0.1, 0.15) is 0 Å². The van der Waals surface area contributed by atoms with Crippen molar-refractivity contribution in [2.24, 2.45) is 11.8 Å². The van der Waals surface area contributed by atoms with Crippen LogP contribution in [0.1, 0.15) is 24.2 Å². The molecular formula is C17H22ClN3O3. The molecule has 2 atom stereocenters. The van der Waals surface area contributed by atoms with Crippen LogP contribution < -0.4 is 10.6 Å². The van der Waals surface area contributed by atoms with E-state index in [-0.39, 0.29) is 12.1 Å². The minimum absolute atomic E-state index is 0.180. The first-order valence-electron chi connectivity index (χ1n) is 8.21. The lowest BCUT2D eigenvalue weighted by Crippen LogP contribution is -2.35. The van der Waals surface area contributed by atoms with Gasteiger partial charge in [0.05, 0.1) is 22.4 Å². The van der Waals surface area contributed by atoms with Crippen molar-refractivity contribution in [1.82, 2.24) is 10.2 Å². The normalized spacial score (nSPS) is 22.6. The minimum atomic E-state index is -0.432. The third kappa shape index (κ3) is 3.65. The molecule has 2 N–H and O–H groups in total. The summed E-state index contributed by atoms with van der Waals surface area (Å²) in [5.74, 6) is 0.621. The second-order valence-electron chi connectivity index (χ2n) is 6.66. The average molecular weight is 352 g/mol. The highest BCUT2D eigenvalue weighted by Crippen LogP contribution is 2.28. The molecule has 2 aliphatic rings. The van der Waals surface area contributed by atoms with Crippen molar-refractivity contribution in [2.75, 3.05) is 31.5 Å². The Bertz CT molecular complexity index is 638. The lowest BCUT2D eigenvalue weighted by atomic mass is 10.0. The summed E-state index contributed by atoms with van der Waals surface area (Å²) in [6, 6.07) is 4.56. The molecule has 130 valence electrons. The summed E-state index contributed by atoms with van der Waals surface area (Å²) >= 11 is 6.16. The van der Waals surface area contributed by atoms with Crippen LogP contribution in [0.25, 0.3) is 0 Å². The van der Waals surface area contributed by atoms with Crippen molar-refractivity contribution in [2.45, 2.75) is 20.0 Å². The van der Waals surface area contributed by atoms with Gasteiger partial charge in [-0.25, -0.2) is 9.59 Å². The van der Waals surface area contributed by atoms with Gasteiger partial charge in [0.15, 0.2) is 0 Å². The summed E-state index contributed by atoms with van der Waals surface area (Å²) in [6.45, 7) is 7.00. The van der Waals surface area contributed by atoms with E-state index in [0.29, 0.717) is 28.1 Å². The number of hydrogen-bond acceptors (Lipinski definition) is 4. The van der Waals surface area contributed by atoms with Gasteiger partial charge in [-0.15, -0.1) is 0 Å². The third-order valence-corrected chi connectivity index (χ3v) is 4.79. The van der Waals surface area contributed by atoms with E-state index in [1.165, 1.54) is 0 Å². The maximum Gasteiger partial charge on any atom is 0.338 e. The molecule has 0 unspecified atom stereocenters. The molecule has 24 heavy (non-hydrogen) atoms. The number of nitrogens with one attached hydrogen (secondary N) is 2. The van der Waals surface area contributed by atoms with E-state index in [2.05, 4.69) is 10.6 Å². The number of amides is 2. The first-order chi connectivity index (χ1) is 11.4. The molecule has 0 saturated carbocycles. The first-order valence-corrected chi connectivity index (χ1v) is 8.59. The van der Waals surface area contributed by atoms with E-state index >= 15 is 0 Å². The van der Waals surface area contributed by atoms with Crippen molar-refractivity contribution in [3.63, 3.8) is 0 Å². The molecule has 1 aromatic carbocycles. The second kappa shape index (κ2) is 6.99. The van der Waals surface area contributed by atoms with Crippen LogP contribution in [0, 0.1) is 11.8 Å². The summed E-state index contributed by atoms with van der Waals surface area (Å²) in [4.78, 5) is 26.3. The number of urea groups is 1. The van der Waals surface area contributed by atoms with Crippen molar-refractivity contribution in [1.29, 1.82) is 0 Å². The highest BCUT2D eigenvalue weighted by molar-refractivity contribution is 6.33. The van der Waals surface area contributed by atoms with Gasteiger partial charge in [-0.3, -0.25) is 0 Å². The predicted molar refractivity (Wildman–Crippen MR) is 92.4 cm³/mol. The van der Waals surface area contributed by atoms with Gasteiger partial charge in [-0.1, -0.05) is 11.6 Å². The molecule has 1 aromatic rings. The fourth-order valence-electron chi connectivity index (χ4n) is 3.25. The van der Waals surface area contributed by atoms with E-state index in [0.717, 1.165) is 26.2 Å². The Kier molecular flexibility index (Phi) is 4.96. The smallest absolute Gasteiger partial charge is 0.338 e. The molecular weight excluding hydrogens is 330 g/mol. The topological polar surface area (TPSA) is 70.7 Å². The number of esters is 1. The van der Waals surface area contributed by atoms with Crippen molar-refractivity contribution in [3.05, 3.63) is 28.8 Å². The average Bonchev–Trinajstić information content (AvgIpc) is 3.10. The molecule has 3 rings (SSSR count). The molecule has 0 aromatic heterocycles. The van der Waals surface area contributed by atoms with Gasteiger partial charge in [0, 0.05) is 26.2 Å². The van der Waals surface area contributed by atoms with Gasteiger partial charge in [0.2, 0.25) is 0 Å². The molecule has 2 fully saturated rings. The number of anilines is 1. The lowest BCUT2D eigenvalue weighted by molar-refractivity contribution is 0.0378. The monoisotopic (exact) mass is 351 g/mol. The van der Waals surface area contributed by atoms with Crippen LogP contribution in [-0.4, -0.2) is 49.2 Å². The van der Waals surface area contributed by atoms with E-state index in [1.54, 1.807) is 32.0 Å². The number of halogens is 1. The van der Waals surface area contributed by atoms with Gasteiger partial charge in [-0.2, -0.15) is 0 Å². The van der Waals surface area contributed by atoms with Crippen molar-refractivity contribution in [3.8, 4) is 0 Å². The molecule has 0 bridgehead atoms. The van der Waals surface area contributed by atoms with Crippen LogP contribution in [-0.2, 0) is 4.74 Å². The maximum atomic E-state index is 12.5. The Morgan fingerprint density at radius 2 is 1.96 bits per heavy atom. The van der Waals surface area contributed by atoms with Crippen molar-refractivity contribution < 1.29 is 14.3 Å². The molecule has 0 aliphatic carbocycles. The molecule has 7 heteroatoms. The highest BCUT2D eigenvalue weighted by atomic mass is 35.5. The Morgan fingerprint density at radius 3 is 2.58 bits per heavy atom. The van der Waals surface area contributed by atoms with Crippen LogP contribution in [0.4, 0.5) is 10.5 Å². The Labute approximate surface area is 146 Å². The maximum absolute atomic E-state index is 12.5. The van der Waals surface area contributed by atoms with Gasteiger partial charge < -0.3 is 20.3 Å². The summed E-state index contributed by atoms with van der Waals surface area (Å²) in [6.07, 6.45) is -0.205. The number of rotatable bonds is 3. The fraction of sp³-hybridized carbons (Fsp3) is 0.529. The van der Waals surface area contributed by atoms with Gasteiger partial charge in [-0.05, 0) is 43.9 Å². The quantitative estimate of drug-likeness (QED) is 0.821. The SMILES string of the molecule is CC(C)OC(=O)c1ccc(Cl)c(NC(=O)N2C[C@H]3CNC[C@H]3C2)c1. The predicted octanol–water partition coefficient (Wildman–Crippen LogP) is 2.59. The molecule has 2 heterocycles. The number of hydrogen-bond donors (Lipinski definition) is 2. The van der Waals surface area contributed by atoms with E-state index in [1.807, 2.05) is 4.90 Å². The molecule has 0 spiro atoms. The molecule has 2 saturated heterocycles. The largest absolute Gasteiger partial charge is 0.459 e. The Morgan fingerprint density at radius 1 is 1.29 bits per heavy atom. The number of nitrogens with zero attached hydrogens (tertiary/aromatic N) is 1. The zero-order chi connectivity index (χ0) is 17.3. The number of benzene rings is 1. The third-order valence-electron chi connectivity index (χ3n) is 4.46. The van der Waals surface area contributed by atoms with E-state index < -0.39 is 5.97 Å². The number of ether oxygens (including phenoxy) is 1. The number of likely N-dealkylation sites (tertiary alicyclic amines) is 1. The number of carbonyl (C=O) groups is 2. The summed E-state index contributed by atoms with van der Waals surface area (Å²) in [5.41, 5.74) is 0.793. The number of carbonyl (C=O) groups excluding carboxylic acids is 2. The highest BCUT2D eigenvalue weighted by Gasteiger charge is 2.38.